The van der Waals surface area contributed by atoms with Crippen LogP contribution in [0.2, 0.25) is 0 Å². The number of aromatic nitrogens is 2. The van der Waals surface area contributed by atoms with E-state index in [0.717, 1.165) is 120 Å². The van der Waals surface area contributed by atoms with Crippen molar-refractivity contribution in [1.29, 1.82) is 0 Å². The van der Waals surface area contributed by atoms with Gasteiger partial charge in [0, 0.05) is 11.1 Å². The van der Waals surface area contributed by atoms with E-state index in [1.807, 2.05) is 0 Å². The van der Waals surface area contributed by atoms with E-state index in [-0.39, 0.29) is 0 Å². The Morgan fingerprint density at radius 3 is 1.11 bits per heavy atom. The maximum absolute atomic E-state index is 6.72. The largest absolute Gasteiger partial charge is 0.491 e. The minimum absolute atomic E-state index is 0.682. The Kier molecular flexibility index (Phi) is 17.3. The van der Waals surface area contributed by atoms with Gasteiger partial charge in [-0.3, -0.25) is 0 Å². The number of halogens is 2. The van der Waals surface area contributed by atoms with Gasteiger partial charge in [-0.05, 0) is 57.5 Å². The second-order valence-corrected chi connectivity index (χ2v) is 21.3. The third-order valence-corrected chi connectivity index (χ3v) is 16.5. The van der Waals surface area contributed by atoms with Crippen LogP contribution in [0.4, 0.5) is 0 Å². The van der Waals surface area contributed by atoms with Crippen LogP contribution in [0.3, 0.4) is 0 Å². The Labute approximate surface area is 363 Å². The molecule has 0 aliphatic rings. The van der Waals surface area contributed by atoms with Crippen LogP contribution in [0.1, 0.15) is 130 Å². The number of benzene rings is 1. The molecule has 0 amide bonds. The molecule has 55 heavy (non-hydrogen) atoms. The summed E-state index contributed by atoms with van der Waals surface area (Å²) >= 11 is 15.9. The second kappa shape index (κ2) is 22.0. The summed E-state index contributed by atoms with van der Waals surface area (Å²) in [4.78, 5) is 2.18. The molecule has 0 atom stereocenters. The van der Waals surface area contributed by atoms with Gasteiger partial charge in [0.15, 0.2) is 23.0 Å². The molecular weight excluding hydrogens is 917 g/mol. The third kappa shape index (κ3) is 10.4. The van der Waals surface area contributed by atoms with Gasteiger partial charge in [-0.1, -0.05) is 117 Å². The first kappa shape index (κ1) is 43.1. The fraction of sp³-hybridized carbons (Fsp3) is 0.571. The zero-order valence-corrected chi connectivity index (χ0v) is 39.9. The van der Waals surface area contributed by atoms with Gasteiger partial charge in [0.1, 0.15) is 18.6 Å². The zero-order valence-electron chi connectivity index (χ0n) is 32.6. The minimum Gasteiger partial charge on any atom is -0.491 e. The molecule has 6 aromatic rings. The molecule has 0 radical (unpaired) electrons. The average Bonchev–Trinajstić information content (AvgIpc) is 4.00. The normalized spacial score (nSPS) is 11.8. The van der Waals surface area contributed by atoms with E-state index in [2.05, 4.69) is 71.7 Å². The van der Waals surface area contributed by atoms with E-state index in [9.17, 15) is 0 Å². The van der Waals surface area contributed by atoms with Crippen LogP contribution in [0, 0.1) is 0 Å². The summed E-state index contributed by atoms with van der Waals surface area (Å²) < 4.78 is 42.9. The van der Waals surface area contributed by atoms with Crippen LogP contribution in [0.15, 0.2) is 19.7 Å². The van der Waals surface area contributed by atoms with Crippen molar-refractivity contribution in [2.75, 3.05) is 26.4 Å². The highest BCUT2D eigenvalue weighted by molar-refractivity contribution is 9.11. The van der Waals surface area contributed by atoms with E-state index in [1.54, 1.807) is 45.3 Å². The summed E-state index contributed by atoms with van der Waals surface area (Å²) in [6, 6.07) is 4.44. The maximum Gasteiger partial charge on any atom is 0.162 e. The van der Waals surface area contributed by atoms with Crippen LogP contribution in [0.25, 0.3) is 50.7 Å². The molecule has 5 aromatic heterocycles. The molecule has 0 saturated carbocycles. The molecule has 1 aromatic carbocycles. The highest BCUT2D eigenvalue weighted by atomic mass is 79.9. The van der Waals surface area contributed by atoms with Gasteiger partial charge in [0.2, 0.25) is 0 Å². The molecule has 13 heteroatoms. The molecule has 0 spiro atoms. The number of unbranched alkanes of at least 4 members (excludes halogenated alkanes) is 12. The van der Waals surface area contributed by atoms with E-state index >= 15 is 0 Å². The first-order valence-corrected chi connectivity index (χ1v) is 25.9. The van der Waals surface area contributed by atoms with Gasteiger partial charge in [0.05, 0.1) is 66.7 Å². The smallest absolute Gasteiger partial charge is 0.162 e. The molecule has 5 heterocycles. The SMILES string of the molecule is CCCCCCOc1c(Br)sc2c(OCCCCCC)c(-c3ccc(-c4sc5c(OCCCCCC)c(Br)sc5c4OCCCCCC)c4nsnc34)sc12. The number of hydrogen-bond donors (Lipinski definition) is 0. The van der Waals surface area contributed by atoms with Crippen LogP contribution >= 0.6 is 88.9 Å². The van der Waals surface area contributed by atoms with Crippen molar-refractivity contribution in [2.24, 2.45) is 0 Å². The summed E-state index contributed by atoms with van der Waals surface area (Å²) in [7, 11) is 0. The molecule has 0 saturated heterocycles. The molecular formula is C42H54Br2N2O4S5. The van der Waals surface area contributed by atoms with Crippen molar-refractivity contribution in [3.05, 3.63) is 19.7 Å². The molecule has 300 valence electrons. The topological polar surface area (TPSA) is 62.7 Å². The standard InChI is InChI=1S/C42H54Br2N2O4S5/c1-5-9-13-17-23-47-31-35(51-39-33(41(43)53-37(31)39)49-25-19-15-11-7-3)27-21-22-28(30-29(27)45-55-46-30)36-32(48-24-18-14-10-6-2)38-40(52-36)34(42(44)54-38)50-26-20-16-12-8-4/h21-22H,5-20,23-26H2,1-4H3. The fourth-order valence-corrected chi connectivity index (χ4v) is 13.9. The lowest BCUT2D eigenvalue weighted by Crippen LogP contribution is -1.98. The highest BCUT2D eigenvalue weighted by Crippen LogP contribution is 2.58. The molecule has 0 aliphatic carbocycles. The zero-order chi connectivity index (χ0) is 38.6. The summed E-state index contributed by atoms with van der Waals surface area (Å²) in [5.41, 5.74) is 3.89. The van der Waals surface area contributed by atoms with E-state index in [1.165, 1.54) is 75.9 Å². The summed E-state index contributed by atoms with van der Waals surface area (Å²) in [6.07, 6.45) is 18.6. The molecule has 6 nitrogen and oxygen atoms in total. The first-order valence-electron chi connectivity index (χ1n) is 20.3. The van der Waals surface area contributed by atoms with E-state index in [4.69, 9.17) is 27.7 Å². The lowest BCUT2D eigenvalue weighted by Gasteiger charge is -2.11. The lowest BCUT2D eigenvalue weighted by atomic mass is 10.1. The lowest BCUT2D eigenvalue weighted by molar-refractivity contribution is 0.307. The Balaban J connectivity index is 1.39. The first-order chi connectivity index (χ1) is 27.0. The quantitative estimate of drug-likeness (QED) is 0.0505. The van der Waals surface area contributed by atoms with Gasteiger partial charge in [-0.25, -0.2) is 0 Å². The van der Waals surface area contributed by atoms with Gasteiger partial charge in [-0.15, -0.1) is 45.3 Å². The van der Waals surface area contributed by atoms with Crippen molar-refractivity contribution in [3.63, 3.8) is 0 Å². The van der Waals surface area contributed by atoms with Gasteiger partial charge in [0.25, 0.3) is 0 Å². The van der Waals surface area contributed by atoms with Crippen molar-refractivity contribution in [3.8, 4) is 43.9 Å². The average molecular weight is 971 g/mol. The third-order valence-electron chi connectivity index (χ3n) is 9.68. The number of rotatable bonds is 26. The van der Waals surface area contributed by atoms with Crippen LogP contribution in [0.5, 0.6) is 23.0 Å². The Bertz CT molecular complexity index is 1950. The van der Waals surface area contributed by atoms with E-state index < -0.39 is 0 Å². The summed E-state index contributed by atoms with van der Waals surface area (Å²) in [5, 5.41) is 0. The molecule has 6 rings (SSSR count). The number of nitrogens with zero attached hydrogens (tertiary/aromatic N) is 2. The summed E-state index contributed by atoms with van der Waals surface area (Å²) in [6.45, 7) is 11.8. The summed E-state index contributed by atoms with van der Waals surface area (Å²) in [5.74, 6) is 3.73. The number of hydrogen-bond acceptors (Lipinski definition) is 11. The highest BCUT2D eigenvalue weighted by Gasteiger charge is 2.29. The van der Waals surface area contributed by atoms with E-state index in [0.29, 0.717) is 26.4 Å². The van der Waals surface area contributed by atoms with Gasteiger partial charge < -0.3 is 18.9 Å². The predicted octanol–water partition coefficient (Wildman–Crippen LogP) is 16.9. The van der Waals surface area contributed by atoms with Crippen molar-refractivity contribution >= 4 is 119 Å². The number of thiophene rings is 4. The Morgan fingerprint density at radius 1 is 0.436 bits per heavy atom. The van der Waals surface area contributed by atoms with Gasteiger partial charge in [-0.2, -0.15) is 8.75 Å². The van der Waals surface area contributed by atoms with Crippen LogP contribution in [-0.4, -0.2) is 35.2 Å². The van der Waals surface area contributed by atoms with Crippen molar-refractivity contribution in [1.82, 2.24) is 8.75 Å². The molecule has 0 N–H and O–H groups in total. The van der Waals surface area contributed by atoms with Crippen molar-refractivity contribution in [2.45, 2.75) is 130 Å². The van der Waals surface area contributed by atoms with Crippen molar-refractivity contribution < 1.29 is 18.9 Å². The Morgan fingerprint density at radius 2 is 0.764 bits per heavy atom. The number of fused-ring (bicyclic) bond motifs is 3. The Hall–Kier alpha value is -1.48. The van der Waals surface area contributed by atoms with Crippen LogP contribution in [-0.2, 0) is 0 Å². The molecule has 0 bridgehead atoms. The minimum atomic E-state index is 0.682. The second-order valence-electron chi connectivity index (χ2n) is 14.0. The van der Waals surface area contributed by atoms with Gasteiger partial charge >= 0.3 is 0 Å². The fourth-order valence-electron chi connectivity index (χ4n) is 6.64. The van der Waals surface area contributed by atoms with Crippen LogP contribution < -0.4 is 18.9 Å². The molecule has 0 unspecified atom stereocenters. The monoisotopic (exact) mass is 968 g/mol. The predicted molar refractivity (Wildman–Crippen MR) is 249 cm³/mol. The molecule has 0 aliphatic heterocycles. The molecule has 0 fully saturated rings. The number of ether oxygens (including phenoxy) is 4. The maximum atomic E-state index is 6.72.